The summed E-state index contributed by atoms with van der Waals surface area (Å²) in [6.45, 7) is 0.0373. The number of benzene rings is 2. The zero-order valence-corrected chi connectivity index (χ0v) is 15.7. The second-order valence-electron chi connectivity index (χ2n) is 5.94. The largest absolute Gasteiger partial charge is 0.573 e. The van der Waals surface area contributed by atoms with Crippen LogP contribution in [0.3, 0.4) is 0 Å². The van der Waals surface area contributed by atoms with Gasteiger partial charge in [0.25, 0.3) is 0 Å². The van der Waals surface area contributed by atoms with Crippen LogP contribution in [-0.2, 0) is 11.3 Å². The molecular weight excluding hydrogens is 377 g/mol. The standard InChI is InChI=1S/C19H21F3N2O4/c1-24(11-13-6-4-5-7-16(13)28-19(20,21)22)12-18(25)23-15-10-14(26-2)8-9-17(15)27-3/h4-10H,11-12H2,1-3H3,(H,23,25). The van der Waals surface area contributed by atoms with E-state index >= 15 is 0 Å². The van der Waals surface area contributed by atoms with Gasteiger partial charge >= 0.3 is 6.36 Å². The Morgan fingerprint density at radius 2 is 1.79 bits per heavy atom. The first-order valence-corrected chi connectivity index (χ1v) is 8.26. The maximum absolute atomic E-state index is 12.5. The van der Waals surface area contributed by atoms with E-state index in [0.29, 0.717) is 22.7 Å². The number of hydrogen-bond donors (Lipinski definition) is 1. The third-order valence-corrected chi connectivity index (χ3v) is 3.73. The number of nitrogens with one attached hydrogen (secondary N) is 1. The summed E-state index contributed by atoms with van der Waals surface area (Å²) >= 11 is 0. The van der Waals surface area contributed by atoms with E-state index in [4.69, 9.17) is 9.47 Å². The normalized spacial score (nSPS) is 11.2. The molecule has 0 heterocycles. The minimum atomic E-state index is -4.78. The van der Waals surface area contributed by atoms with Gasteiger partial charge in [-0.3, -0.25) is 9.69 Å². The van der Waals surface area contributed by atoms with Gasteiger partial charge in [-0.2, -0.15) is 0 Å². The average Bonchev–Trinajstić information content (AvgIpc) is 2.61. The van der Waals surface area contributed by atoms with Crippen LogP contribution in [0, 0.1) is 0 Å². The molecule has 0 aromatic heterocycles. The number of nitrogens with zero attached hydrogens (tertiary/aromatic N) is 1. The van der Waals surface area contributed by atoms with Gasteiger partial charge in [0.2, 0.25) is 5.91 Å². The Bertz CT molecular complexity index is 812. The molecule has 0 bridgehead atoms. The Hall–Kier alpha value is -2.94. The summed E-state index contributed by atoms with van der Waals surface area (Å²) in [5.74, 6) is 0.350. The topological polar surface area (TPSA) is 60.0 Å². The summed E-state index contributed by atoms with van der Waals surface area (Å²) < 4.78 is 51.9. The number of likely N-dealkylation sites (N-methyl/N-ethyl adjacent to an activating group) is 1. The Morgan fingerprint density at radius 3 is 2.43 bits per heavy atom. The van der Waals surface area contributed by atoms with Gasteiger partial charge in [0, 0.05) is 18.2 Å². The lowest BCUT2D eigenvalue weighted by Crippen LogP contribution is -2.30. The molecular formula is C19H21F3N2O4. The van der Waals surface area contributed by atoms with Crippen LogP contribution >= 0.6 is 0 Å². The number of hydrogen-bond acceptors (Lipinski definition) is 5. The fourth-order valence-electron chi connectivity index (χ4n) is 2.55. The van der Waals surface area contributed by atoms with Crippen LogP contribution in [-0.4, -0.2) is 45.0 Å². The molecule has 0 atom stereocenters. The van der Waals surface area contributed by atoms with E-state index in [-0.39, 0.29) is 24.7 Å². The van der Waals surface area contributed by atoms with Crippen molar-refractivity contribution in [1.29, 1.82) is 0 Å². The molecule has 0 fully saturated rings. The molecule has 152 valence electrons. The van der Waals surface area contributed by atoms with Crippen LogP contribution in [0.5, 0.6) is 17.2 Å². The van der Waals surface area contributed by atoms with E-state index in [9.17, 15) is 18.0 Å². The quantitative estimate of drug-likeness (QED) is 0.735. The van der Waals surface area contributed by atoms with Gasteiger partial charge in [0.15, 0.2) is 0 Å². The summed E-state index contributed by atoms with van der Waals surface area (Å²) in [6.07, 6.45) is -4.78. The molecule has 0 saturated carbocycles. The molecule has 9 heteroatoms. The van der Waals surface area contributed by atoms with Crippen molar-refractivity contribution in [2.45, 2.75) is 12.9 Å². The molecule has 0 unspecified atom stereocenters. The van der Waals surface area contributed by atoms with E-state index < -0.39 is 6.36 Å². The monoisotopic (exact) mass is 398 g/mol. The maximum Gasteiger partial charge on any atom is 0.573 e. The number of para-hydroxylation sites is 1. The van der Waals surface area contributed by atoms with Gasteiger partial charge in [-0.1, -0.05) is 18.2 Å². The Morgan fingerprint density at radius 1 is 1.07 bits per heavy atom. The van der Waals surface area contributed by atoms with Crippen LogP contribution in [0.1, 0.15) is 5.56 Å². The van der Waals surface area contributed by atoms with Crippen molar-refractivity contribution >= 4 is 11.6 Å². The third kappa shape index (κ3) is 6.34. The number of methoxy groups -OCH3 is 2. The SMILES string of the molecule is COc1ccc(OC)c(NC(=O)CN(C)Cc2ccccc2OC(F)(F)F)c1. The van der Waals surface area contributed by atoms with Crippen LogP contribution in [0.2, 0.25) is 0 Å². The van der Waals surface area contributed by atoms with Crippen LogP contribution in [0.15, 0.2) is 42.5 Å². The molecule has 28 heavy (non-hydrogen) atoms. The summed E-state index contributed by atoms with van der Waals surface area (Å²) in [4.78, 5) is 13.9. The number of rotatable bonds is 8. The highest BCUT2D eigenvalue weighted by atomic mass is 19.4. The highest BCUT2D eigenvalue weighted by Gasteiger charge is 2.32. The van der Waals surface area contributed by atoms with E-state index in [1.165, 1.54) is 32.4 Å². The molecule has 2 rings (SSSR count). The minimum Gasteiger partial charge on any atom is -0.497 e. The average molecular weight is 398 g/mol. The van der Waals surface area contributed by atoms with Crippen molar-refractivity contribution in [3.8, 4) is 17.2 Å². The molecule has 0 radical (unpaired) electrons. The molecule has 2 aromatic carbocycles. The lowest BCUT2D eigenvalue weighted by Gasteiger charge is -2.19. The Kier molecular flexibility index (Phi) is 7.11. The van der Waals surface area contributed by atoms with Gasteiger partial charge in [-0.05, 0) is 25.2 Å². The van der Waals surface area contributed by atoms with Gasteiger partial charge < -0.3 is 19.5 Å². The smallest absolute Gasteiger partial charge is 0.497 e. The van der Waals surface area contributed by atoms with Crippen molar-refractivity contribution in [3.05, 3.63) is 48.0 Å². The van der Waals surface area contributed by atoms with E-state index in [1.807, 2.05) is 0 Å². The van der Waals surface area contributed by atoms with E-state index in [1.54, 1.807) is 36.2 Å². The fourth-order valence-corrected chi connectivity index (χ4v) is 2.55. The number of amides is 1. The van der Waals surface area contributed by atoms with Crippen molar-refractivity contribution in [1.82, 2.24) is 4.90 Å². The lowest BCUT2D eigenvalue weighted by atomic mass is 10.2. The van der Waals surface area contributed by atoms with E-state index in [2.05, 4.69) is 10.1 Å². The first kappa shape index (κ1) is 21.4. The van der Waals surface area contributed by atoms with Crippen molar-refractivity contribution in [3.63, 3.8) is 0 Å². The predicted octanol–water partition coefficient (Wildman–Crippen LogP) is 3.67. The number of ether oxygens (including phenoxy) is 3. The Balaban J connectivity index is 2.02. The minimum absolute atomic E-state index is 0.0548. The molecule has 2 aromatic rings. The predicted molar refractivity (Wildman–Crippen MR) is 97.6 cm³/mol. The maximum atomic E-state index is 12.5. The van der Waals surface area contributed by atoms with Gasteiger partial charge in [0.1, 0.15) is 17.2 Å². The fraction of sp³-hybridized carbons (Fsp3) is 0.316. The number of carbonyl (C=O) groups excluding carboxylic acids is 1. The molecule has 0 saturated heterocycles. The first-order chi connectivity index (χ1) is 13.2. The number of anilines is 1. The van der Waals surface area contributed by atoms with Crippen molar-refractivity contribution in [2.75, 3.05) is 33.1 Å². The van der Waals surface area contributed by atoms with Crippen molar-refractivity contribution < 1.29 is 32.2 Å². The van der Waals surface area contributed by atoms with Gasteiger partial charge in [-0.15, -0.1) is 13.2 Å². The molecule has 0 aliphatic carbocycles. The molecule has 0 spiro atoms. The Labute approximate surface area is 160 Å². The number of carbonyl (C=O) groups is 1. The van der Waals surface area contributed by atoms with Gasteiger partial charge in [0.05, 0.1) is 26.5 Å². The number of halogens is 3. The molecule has 6 nitrogen and oxygen atoms in total. The molecule has 0 aliphatic rings. The molecule has 1 N–H and O–H groups in total. The van der Waals surface area contributed by atoms with E-state index in [0.717, 1.165) is 0 Å². The van der Waals surface area contributed by atoms with Crippen LogP contribution in [0.4, 0.5) is 18.9 Å². The molecule has 1 amide bonds. The van der Waals surface area contributed by atoms with Gasteiger partial charge in [-0.25, -0.2) is 0 Å². The summed E-state index contributed by atoms with van der Waals surface area (Å²) in [5.41, 5.74) is 0.746. The van der Waals surface area contributed by atoms with Crippen LogP contribution in [0.25, 0.3) is 0 Å². The zero-order valence-electron chi connectivity index (χ0n) is 15.7. The lowest BCUT2D eigenvalue weighted by molar-refractivity contribution is -0.275. The zero-order chi connectivity index (χ0) is 20.7. The second kappa shape index (κ2) is 9.32. The molecule has 0 aliphatic heterocycles. The third-order valence-electron chi connectivity index (χ3n) is 3.73. The summed E-state index contributed by atoms with van der Waals surface area (Å²) in [5, 5.41) is 2.71. The second-order valence-corrected chi connectivity index (χ2v) is 5.94. The highest BCUT2D eigenvalue weighted by Crippen LogP contribution is 2.29. The number of alkyl halides is 3. The van der Waals surface area contributed by atoms with Crippen LogP contribution < -0.4 is 19.5 Å². The summed E-state index contributed by atoms with van der Waals surface area (Å²) in [6, 6.07) is 10.8. The first-order valence-electron chi connectivity index (χ1n) is 8.26. The highest BCUT2D eigenvalue weighted by molar-refractivity contribution is 5.94. The summed E-state index contributed by atoms with van der Waals surface area (Å²) in [7, 11) is 4.59. The van der Waals surface area contributed by atoms with Crippen molar-refractivity contribution in [2.24, 2.45) is 0 Å².